The van der Waals surface area contributed by atoms with Crippen molar-refractivity contribution in [2.45, 2.75) is 45.5 Å². The second kappa shape index (κ2) is 7.04. The molecule has 0 radical (unpaired) electrons. The third-order valence-corrected chi connectivity index (χ3v) is 7.46. The maximum atomic E-state index is 12.4. The summed E-state index contributed by atoms with van der Waals surface area (Å²) < 4.78 is 31.2. The van der Waals surface area contributed by atoms with Crippen molar-refractivity contribution in [2.75, 3.05) is 25.4 Å². The van der Waals surface area contributed by atoms with Crippen molar-refractivity contribution < 1.29 is 17.9 Å². The van der Waals surface area contributed by atoms with Gasteiger partial charge in [0.05, 0.1) is 18.3 Å². The van der Waals surface area contributed by atoms with Crippen LogP contribution in [0.2, 0.25) is 25.7 Å². The van der Waals surface area contributed by atoms with E-state index in [0.717, 1.165) is 18.9 Å². The predicted octanol–water partition coefficient (Wildman–Crippen LogP) is 1.93. The molecule has 0 aliphatic carbocycles. The van der Waals surface area contributed by atoms with Crippen molar-refractivity contribution >= 4 is 24.1 Å². The van der Waals surface area contributed by atoms with Crippen LogP contribution in [0.15, 0.2) is 0 Å². The molecule has 5 nitrogen and oxygen atoms in total. The molecule has 1 atom stereocenters. The Kier molecular flexibility index (Phi) is 6.21. The van der Waals surface area contributed by atoms with Crippen molar-refractivity contribution in [2.24, 2.45) is 5.92 Å². The number of rotatable bonds is 6. The summed E-state index contributed by atoms with van der Waals surface area (Å²) in [6, 6.07) is 0.760. The van der Waals surface area contributed by atoms with E-state index in [1.807, 2.05) is 0 Å². The topological polar surface area (TPSA) is 63.7 Å². The summed E-state index contributed by atoms with van der Waals surface area (Å²) >= 11 is 0. The van der Waals surface area contributed by atoms with Crippen LogP contribution in [0, 0.1) is 5.92 Å². The van der Waals surface area contributed by atoms with Gasteiger partial charge in [-0.2, -0.15) is 0 Å². The van der Waals surface area contributed by atoms with E-state index in [4.69, 9.17) is 4.74 Å². The Morgan fingerprint density at radius 1 is 1.35 bits per heavy atom. The number of hydrogen-bond donors (Lipinski definition) is 0. The molecule has 1 aliphatic rings. The third kappa shape index (κ3) is 5.53. The van der Waals surface area contributed by atoms with Crippen LogP contribution in [-0.2, 0) is 19.6 Å². The lowest BCUT2D eigenvalue weighted by molar-refractivity contribution is -0.149. The average Bonchev–Trinajstić information content (AvgIpc) is 2.36. The first kappa shape index (κ1) is 17.6. The molecule has 1 saturated heterocycles. The molecule has 0 spiro atoms. The lowest BCUT2D eigenvalue weighted by atomic mass is 10.0. The number of carbonyl (C=O) groups excluding carboxylic acids is 1. The number of ether oxygens (including phenoxy) is 1. The fraction of sp³-hybridized carbons (Fsp3) is 0.923. The average molecular weight is 322 g/mol. The molecule has 0 amide bonds. The zero-order valence-electron chi connectivity index (χ0n) is 13.0. The Morgan fingerprint density at radius 2 is 2.00 bits per heavy atom. The summed E-state index contributed by atoms with van der Waals surface area (Å²) in [5.41, 5.74) is 0. The first-order chi connectivity index (χ1) is 9.15. The van der Waals surface area contributed by atoms with Gasteiger partial charge in [-0.1, -0.05) is 19.6 Å². The van der Waals surface area contributed by atoms with Crippen LogP contribution >= 0.6 is 0 Å². The van der Waals surface area contributed by atoms with Crippen LogP contribution < -0.4 is 0 Å². The first-order valence-corrected chi connectivity index (χ1v) is 12.6. The largest absolute Gasteiger partial charge is 0.466 e. The molecule has 0 aromatic rings. The van der Waals surface area contributed by atoms with Crippen LogP contribution in [0.5, 0.6) is 0 Å². The van der Waals surface area contributed by atoms with E-state index >= 15 is 0 Å². The molecule has 1 rings (SSSR count). The lowest BCUT2D eigenvalue weighted by Gasteiger charge is -2.31. The van der Waals surface area contributed by atoms with Crippen LogP contribution in [0.1, 0.15) is 19.8 Å². The molecule has 1 fully saturated rings. The summed E-state index contributed by atoms with van der Waals surface area (Å²) in [5.74, 6) is -0.360. The van der Waals surface area contributed by atoms with Gasteiger partial charge in [-0.15, -0.1) is 0 Å². The lowest BCUT2D eigenvalue weighted by Crippen LogP contribution is -2.44. The summed E-state index contributed by atoms with van der Waals surface area (Å²) in [6.07, 6.45) is 1.45. The van der Waals surface area contributed by atoms with Gasteiger partial charge in [-0.3, -0.25) is 4.79 Å². The van der Waals surface area contributed by atoms with Crippen LogP contribution in [0.25, 0.3) is 0 Å². The molecule has 0 N–H and O–H groups in total. The Morgan fingerprint density at radius 3 is 2.55 bits per heavy atom. The highest BCUT2D eigenvalue weighted by Gasteiger charge is 2.33. The molecule has 0 aromatic carbocycles. The number of sulfonamides is 1. The van der Waals surface area contributed by atoms with Crippen molar-refractivity contribution in [1.82, 2.24) is 4.31 Å². The van der Waals surface area contributed by atoms with Gasteiger partial charge < -0.3 is 4.74 Å². The number of esters is 1. The molecule has 1 unspecified atom stereocenters. The van der Waals surface area contributed by atoms with Gasteiger partial charge in [0.15, 0.2) is 0 Å². The number of piperidine rings is 1. The summed E-state index contributed by atoms with van der Waals surface area (Å²) in [4.78, 5) is 11.8. The minimum atomic E-state index is -3.24. The van der Waals surface area contributed by atoms with Crippen molar-refractivity contribution in [3.05, 3.63) is 0 Å². The van der Waals surface area contributed by atoms with Crippen molar-refractivity contribution in [3.63, 3.8) is 0 Å². The SMILES string of the molecule is CCOC(=O)C1CCCN(S(=O)(=O)CC[Si](C)(C)C)C1. The summed E-state index contributed by atoms with van der Waals surface area (Å²) in [5, 5.41) is 0. The molecule has 0 bridgehead atoms. The standard InChI is InChI=1S/C13H27NO4SSi/c1-5-18-13(15)12-7-6-8-14(11-12)19(16,17)9-10-20(2,3)4/h12H,5-11H2,1-4H3. The molecule has 0 saturated carbocycles. The molecule has 1 heterocycles. The molecule has 20 heavy (non-hydrogen) atoms. The van der Waals surface area contributed by atoms with E-state index in [2.05, 4.69) is 19.6 Å². The van der Waals surface area contributed by atoms with E-state index in [0.29, 0.717) is 13.2 Å². The minimum absolute atomic E-state index is 0.207. The minimum Gasteiger partial charge on any atom is -0.466 e. The van der Waals surface area contributed by atoms with Gasteiger partial charge in [-0.25, -0.2) is 12.7 Å². The van der Waals surface area contributed by atoms with Crippen molar-refractivity contribution in [3.8, 4) is 0 Å². The van der Waals surface area contributed by atoms with E-state index < -0.39 is 18.1 Å². The van der Waals surface area contributed by atoms with Gasteiger partial charge in [0.1, 0.15) is 0 Å². The number of carbonyl (C=O) groups is 1. The fourth-order valence-corrected chi connectivity index (χ4v) is 6.77. The Hall–Kier alpha value is -0.403. The maximum Gasteiger partial charge on any atom is 0.310 e. The molecule has 118 valence electrons. The van der Waals surface area contributed by atoms with Gasteiger partial charge in [0, 0.05) is 21.2 Å². The summed E-state index contributed by atoms with van der Waals surface area (Å²) in [6.45, 7) is 9.43. The zero-order chi connectivity index (χ0) is 15.4. The van der Waals surface area contributed by atoms with Gasteiger partial charge in [0.2, 0.25) is 10.0 Å². The van der Waals surface area contributed by atoms with Gasteiger partial charge in [0.25, 0.3) is 0 Å². The molecule has 1 aliphatic heterocycles. The molecule has 7 heteroatoms. The Bertz CT molecular complexity index is 430. The Balaban J connectivity index is 2.63. The number of hydrogen-bond acceptors (Lipinski definition) is 4. The molecule has 0 aromatic heterocycles. The van der Waals surface area contributed by atoms with Crippen LogP contribution in [0.4, 0.5) is 0 Å². The van der Waals surface area contributed by atoms with Crippen molar-refractivity contribution in [1.29, 1.82) is 0 Å². The monoisotopic (exact) mass is 321 g/mol. The van der Waals surface area contributed by atoms with E-state index in [1.165, 1.54) is 4.31 Å². The van der Waals surface area contributed by atoms with Crippen LogP contribution in [0.3, 0.4) is 0 Å². The van der Waals surface area contributed by atoms with E-state index in [1.54, 1.807) is 6.92 Å². The zero-order valence-corrected chi connectivity index (χ0v) is 14.8. The second-order valence-corrected chi connectivity index (χ2v) is 14.3. The fourth-order valence-electron chi connectivity index (χ4n) is 2.21. The quantitative estimate of drug-likeness (QED) is 0.554. The summed E-state index contributed by atoms with van der Waals surface area (Å²) in [7, 11) is -4.62. The highest BCUT2D eigenvalue weighted by atomic mass is 32.2. The van der Waals surface area contributed by atoms with E-state index in [-0.39, 0.29) is 24.2 Å². The van der Waals surface area contributed by atoms with E-state index in [9.17, 15) is 13.2 Å². The van der Waals surface area contributed by atoms with Crippen LogP contribution in [-0.4, -0.2) is 52.2 Å². The smallest absolute Gasteiger partial charge is 0.310 e. The molecular weight excluding hydrogens is 294 g/mol. The first-order valence-electron chi connectivity index (χ1n) is 7.30. The second-order valence-electron chi connectivity index (χ2n) is 6.58. The third-order valence-electron chi connectivity index (χ3n) is 3.51. The van der Waals surface area contributed by atoms with Gasteiger partial charge >= 0.3 is 5.97 Å². The normalized spacial score (nSPS) is 21.7. The predicted molar refractivity (Wildman–Crippen MR) is 82.9 cm³/mol. The highest BCUT2D eigenvalue weighted by Crippen LogP contribution is 2.22. The maximum absolute atomic E-state index is 12.4. The highest BCUT2D eigenvalue weighted by molar-refractivity contribution is 7.89. The van der Waals surface area contributed by atoms with Gasteiger partial charge in [-0.05, 0) is 25.8 Å². The number of nitrogens with zero attached hydrogens (tertiary/aromatic N) is 1. The Labute approximate surface area is 123 Å². The molecular formula is C13H27NO4SSi.